The van der Waals surface area contributed by atoms with Gasteiger partial charge in [0.05, 0.1) is 0 Å². The Bertz CT molecular complexity index is 657. The highest BCUT2D eigenvalue weighted by Crippen LogP contribution is 2.25. The van der Waals surface area contributed by atoms with Gasteiger partial charge in [-0.3, -0.25) is 9.78 Å². The lowest BCUT2D eigenvalue weighted by atomic mass is 10.0. The van der Waals surface area contributed by atoms with Gasteiger partial charge in [0.2, 0.25) is 0 Å². The van der Waals surface area contributed by atoms with Crippen molar-refractivity contribution in [3.63, 3.8) is 0 Å². The molecule has 0 aliphatic heterocycles. The summed E-state index contributed by atoms with van der Waals surface area (Å²) < 4.78 is 0. The van der Waals surface area contributed by atoms with Crippen molar-refractivity contribution in [3.8, 4) is 0 Å². The summed E-state index contributed by atoms with van der Waals surface area (Å²) in [5.41, 5.74) is 6.00. The fraction of sp³-hybridized carbons (Fsp3) is 0.333. The molecule has 1 aromatic heterocycles. The first kappa shape index (κ1) is 16.0. The molecule has 0 saturated heterocycles. The Morgan fingerprint density at radius 1 is 1.14 bits per heavy atom. The van der Waals surface area contributed by atoms with Crippen LogP contribution in [0.3, 0.4) is 0 Å². The predicted octanol–water partition coefficient (Wildman–Crippen LogP) is 3.89. The average molecular weight is 297 g/mol. The molecule has 1 aromatic carbocycles. The Morgan fingerprint density at radius 3 is 2.45 bits per heavy atom. The van der Waals surface area contributed by atoms with Gasteiger partial charge < -0.3 is 10.6 Å². The first-order valence-electron chi connectivity index (χ1n) is 7.60. The Kier molecular flexibility index (Phi) is 5.15. The summed E-state index contributed by atoms with van der Waals surface area (Å²) in [5.74, 6) is -0.136. The maximum atomic E-state index is 12.0. The van der Waals surface area contributed by atoms with Gasteiger partial charge in [0.25, 0.3) is 5.91 Å². The van der Waals surface area contributed by atoms with Crippen molar-refractivity contribution >= 4 is 17.3 Å². The summed E-state index contributed by atoms with van der Waals surface area (Å²) in [6.45, 7) is 8.94. The van der Waals surface area contributed by atoms with Crippen LogP contribution in [0.2, 0.25) is 0 Å². The van der Waals surface area contributed by atoms with Gasteiger partial charge in [-0.1, -0.05) is 24.6 Å². The van der Waals surface area contributed by atoms with Crippen LogP contribution in [0.5, 0.6) is 0 Å². The van der Waals surface area contributed by atoms with E-state index in [0.717, 1.165) is 17.8 Å². The highest BCUT2D eigenvalue weighted by atomic mass is 16.1. The molecule has 4 nitrogen and oxygen atoms in total. The Morgan fingerprint density at radius 2 is 1.82 bits per heavy atom. The minimum absolute atomic E-state index is 0.136. The van der Waals surface area contributed by atoms with Gasteiger partial charge in [-0.05, 0) is 50.5 Å². The third-order valence-corrected chi connectivity index (χ3v) is 3.47. The van der Waals surface area contributed by atoms with Crippen molar-refractivity contribution in [1.29, 1.82) is 0 Å². The van der Waals surface area contributed by atoms with E-state index < -0.39 is 0 Å². The summed E-state index contributed by atoms with van der Waals surface area (Å²) in [7, 11) is 0. The smallest absolute Gasteiger partial charge is 0.269 e. The number of hydrogen-bond acceptors (Lipinski definition) is 3. The van der Waals surface area contributed by atoms with Crippen molar-refractivity contribution < 1.29 is 4.79 Å². The van der Waals surface area contributed by atoms with Crippen molar-refractivity contribution in [2.24, 2.45) is 0 Å². The number of rotatable bonds is 5. The Balaban J connectivity index is 2.22. The second-order valence-corrected chi connectivity index (χ2v) is 5.58. The molecule has 0 aliphatic rings. The van der Waals surface area contributed by atoms with E-state index in [2.05, 4.69) is 48.5 Å². The van der Waals surface area contributed by atoms with E-state index in [-0.39, 0.29) is 5.91 Å². The molecule has 0 bridgehead atoms. The van der Waals surface area contributed by atoms with Gasteiger partial charge in [-0.2, -0.15) is 0 Å². The molecule has 0 saturated carbocycles. The van der Waals surface area contributed by atoms with Crippen LogP contribution in [-0.4, -0.2) is 17.4 Å². The largest absolute Gasteiger partial charge is 0.355 e. The number of benzene rings is 1. The maximum absolute atomic E-state index is 12.0. The summed E-state index contributed by atoms with van der Waals surface area (Å²) >= 11 is 0. The van der Waals surface area contributed by atoms with Crippen LogP contribution >= 0.6 is 0 Å². The molecule has 1 heterocycles. The molecular formula is C18H23N3O. The number of nitrogens with zero attached hydrogens (tertiary/aromatic N) is 1. The van der Waals surface area contributed by atoms with E-state index in [1.165, 1.54) is 16.7 Å². The van der Waals surface area contributed by atoms with E-state index in [1.807, 2.05) is 13.0 Å². The van der Waals surface area contributed by atoms with E-state index in [9.17, 15) is 4.79 Å². The molecule has 22 heavy (non-hydrogen) atoms. The van der Waals surface area contributed by atoms with Gasteiger partial charge in [-0.15, -0.1) is 0 Å². The van der Waals surface area contributed by atoms with Crippen molar-refractivity contribution in [2.75, 3.05) is 11.9 Å². The molecular weight excluding hydrogens is 274 g/mol. The zero-order valence-corrected chi connectivity index (χ0v) is 13.7. The second kappa shape index (κ2) is 7.07. The first-order valence-corrected chi connectivity index (χ1v) is 7.60. The molecule has 1 amide bonds. The summed E-state index contributed by atoms with van der Waals surface area (Å²) in [5, 5.41) is 6.24. The molecule has 0 atom stereocenters. The number of aromatic nitrogens is 1. The standard InChI is InChI=1S/C18H23N3O/c1-5-7-20-18(22)16-11-15(6-8-19-16)21-17-13(3)9-12(2)10-14(17)4/h6,8-11H,5,7H2,1-4H3,(H,19,21)(H,20,22). The SMILES string of the molecule is CCCNC(=O)c1cc(Nc2c(C)cc(C)cc2C)ccn1. The minimum atomic E-state index is -0.136. The van der Waals surface area contributed by atoms with Gasteiger partial charge in [-0.25, -0.2) is 0 Å². The molecule has 2 rings (SSSR count). The topological polar surface area (TPSA) is 54.0 Å². The lowest BCUT2D eigenvalue weighted by Gasteiger charge is -2.14. The molecule has 0 unspecified atom stereocenters. The van der Waals surface area contributed by atoms with Gasteiger partial charge >= 0.3 is 0 Å². The van der Waals surface area contributed by atoms with Crippen molar-refractivity contribution in [2.45, 2.75) is 34.1 Å². The number of hydrogen-bond donors (Lipinski definition) is 2. The number of aryl methyl sites for hydroxylation is 3. The first-order chi connectivity index (χ1) is 10.5. The van der Waals surface area contributed by atoms with Crippen LogP contribution in [0, 0.1) is 20.8 Å². The van der Waals surface area contributed by atoms with E-state index >= 15 is 0 Å². The monoisotopic (exact) mass is 297 g/mol. The number of anilines is 2. The maximum Gasteiger partial charge on any atom is 0.269 e. The van der Waals surface area contributed by atoms with Gasteiger partial charge in [0.15, 0.2) is 0 Å². The molecule has 2 aromatic rings. The third kappa shape index (κ3) is 3.85. The lowest BCUT2D eigenvalue weighted by molar-refractivity contribution is 0.0949. The summed E-state index contributed by atoms with van der Waals surface area (Å²) in [6.07, 6.45) is 2.56. The quantitative estimate of drug-likeness (QED) is 0.880. The molecule has 116 valence electrons. The number of nitrogens with one attached hydrogen (secondary N) is 2. The molecule has 0 aliphatic carbocycles. The van der Waals surface area contributed by atoms with E-state index in [0.29, 0.717) is 12.2 Å². The number of carbonyl (C=O) groups is 1. The molecule has 0 radical (unpaired) electrons. The summed E-state index contributed by atoms with van der Waals surface area (Å²) in [4.78, 5) is 16.1. The van der Waals surface area contributed by atoms with Crippen LogP contribution in [0.25, 0.3) is 0 Å². The minimum Gasteiger partial charge on any atom is -0.355 e. The second-order valence-electron chi connectivity index (χ2n) is 5.58. The molecule has 0 spiro atoms. The fourth-order valence-corrected chi connectivity index (χ4v) is 2.48. The number of carbonyl (C=O) groups excluding carboxylic acids is 1. The van der Waals surface area contributed by atoms with Crippen LogP contribution in [-0.2, 0) is 0 Å². The fourth-order valence-electron chi connectivity index (χ4n) is 2.48. The number of amides is 1. The number of pyridine rings is 1. The van der Waals surface area contributed by atoms with Gasteiger partial charge in [0.1, 0.15) is 5.69 Å². The Hall–Kier alpha value is -2.36. The highest BCUT2D eigenvalue weighted by molar-refractivity contribution is 5.93. The summed E-state index contributed by atoms with van der Waals surface area (Å²) in [6, 6.07) is 7.94. The normalized spacial score (nSPS) is 10.4. The van der Waals surface area contributed by atoms with Crippen molar-refractivity contribution in [3.05, 3.63) is 52.8 Å². The highest BCUT2D eigenvalue weighted by Gasteiger charge is 2.09. The molecule has 2 N–H and O–H groups in total. The van der Waals surface area contributed by atoms with E-state index in [4.69, 9.17) is 0 Å². The Labute approximate surface area is 132 Å². The van der Waals surface area contributed by atoms with Gasteiger partial charge in [0, 0.05) is 24.1 Å². The third-order valence-electron chi connectivity index (χ3n) is 3.47. The van der Waals surface area contributed by atoms with Crippen molar-refractivity contribution in [1.82, 2.24) is 10.3 Å². The van der Waals surface area contributed by atoms with Crippen LogP contribution in [0.15, 0.2) is 30.5 Å². The predicted molar refractivity (Wildman–Crippen MR) is 90.8 cm³/mol. The molecule has 4 heteroatoms. The van der Waals surface area contributed by atoms with Crippen LogP contribution in [0.1, 0.15) is 40.5 Å². The zero-order chi connectivity index (χ0) is 16.1. The van der Waals surface area contributed by atoms with Crippen LogP contribution in [0.4, 0.5) is 11.4 Å². The molecule has 0 fully saturated rings. The zero-order valence-electron chi connectivity index (χ0n) is 13.7. The lowest BCUT2D eigenvalue weighted by Crippen LogP contribution is -2.24. The van der Waals surface area contributed by atoms with E-state index in [1.54, 1.807) is 12.3 Å². The van der Waals surface area contributed by atoms with Crippen LogP contribution < -0.4 is 10.6 Å². The average Bonchev–Trinajstić information content (AvgIpc) is 2.48.